The summed E-state index contributed by atoms with van der Waals surface area (Å²) in [6.45, 7) is 3.04. The summed E-state index contributed by atoms with van der Waals surface area (Å²) < 4.78 is 0. The smallest absolute Gasteiger partial charge is 0.00714 e. The van der Waals surface area contributed by atoms with E-state index in [1.807, 2.05) is 0 Å². The molecule has 1 heteroatoms. The minimum Gasteiger partial charge on any atom is -0.330 e. The molecule has 0 aliphatic heterocycles. The van der Waals surface area contributed by atoms with E-state index in [1.165, 1.54) is 43.2 Å². The maximum absolute atomic E-state index is 5.90. The van der Waals surface area contributed by atoms with Crippen LogP contribution in [0.4, 0.5) is 0 Å². The maximum atomic E-state index is 5.90. The highest BCUT2D eigenvalue weighted by Gasteiger charge is 2.19. The molecule has 1 nitrogen and oxygen atoms in total. The van der Waals surface area contributed by atoms with Gasteiger partial charge in [-0.2, -0.15) is 0 Å². The van der Waals surface area contributed by atoms with Gasteiger partial charge in [0.1, 0.15) is 0 Å². The Labute approximate surface area is 141 Å². The molecule has 2 aromatic rings. The Morgan fingerprint density at radius 1 is 0.739 bits per heavy atom. The first-order valence-electron chi connectivity index (χ1n) is 9.15. The second-order valence-corrected chi connectivity index (χ2v) is 6.52. The van der Waals surface area contributed by atoms with Crippen LogP contribution in [0.1, 0.15) is 68.4 Å². The Hall–Kier alpha value is -1.60. The Morgan fingerprint density at radius 3 is 1.74 bits per heavy atom. The van der Waals surface area contributed by atoms with Crippen LogP contribution in [0, 0.1) is 0 Å². The quantitative estimate of drug-likeness (QED) is 0.545. The van der Waals surface area contributed by atoms with Crippen LogP contribution in [0.25, 0.3) is 0 Å². The predicted octanol–water partition coefficient (Wildman–Crippen LogP) is 5.87. The van der Waals surface area contributed by atoms with E-state index in [4.69, 9.17) is 5.73 Å². The van der Waals surface area contributed by atoms with Crippen molar-refractivity contribution in [3.63, 3.8) is 0 Å². The lowest BCUT2D eigenvalue weighted by Crippen LogP contribution is -2.12. The Kier molecular flexibility index (Phi) is 7.89. The molecule has 0 radical (unpaired) electrons. The molecule has 2 N–H and O–H groups in total. The molecular weight excluding hydrogens is 278 g/mol. The summed E-state index contributed by atoms with van der Waals surface area (Å²) in [6, 6.07) is 21.9. The Balaban J connectivity index is 2.13. The molecule has 0 saturated heterocycles. The van der Waals surface area contributed by atoms with Crippen molar-refractivity contribution < 1.29 is 0 Å². The number of unbranched alkanes of at least 4 members (excludes halogenated alkanes) is 2. The van der Waals surface area contributed by atoms with E-state index in [0.717, 1.165) is 13.0 Å². The standard InChI is InChI=1S/C22H31N/c1-2-3-6-15-21(19-11-7-4-8-12-19)18-22(16-17-23)20-13-9-5-10-14-20/h4-5,7-14,21-22H,2-3,6,15-18,23H2,1H3. The zero-order valence-corrected chi connectivity index (χ0v) is 14.5. The topological polar surface area (TPSA) is 26.0 Å². The second kappa shape index (κ2) is 10.2. The highest BCUT2D eigenvalue weighted by molar-refractivity contribution is 5.23. The molecule has 124 valence electrons. The molecular formula is C22H31N. The van der Waals surface area contributed by atoms with Gasteiger partial charge < -0.3 is 5.73 Å². The van der Waals surface area contributed by atoms with Gasteiger partial charge in [0, 0.05) is 0 Å². The first-order chi connectivity index (χ1) is 11.3. The molecule has 2 aromatic carbocycles. The Bertz CT molecular complexity index is 520. The Morgan fingerprint density at radius 2 is 1.26 bits per heavy atom. The van der Waals surface area contributed by atoms with E-state index in [9.17, 15) is 0 Å². The average Bonchev–Trinajstić information content (AvgIpc) is 2.62. The van der Waals surface area contributed by atoms with Crippen molar-refractivity contribution in [3.05, 3.63) is 71.8 Å². The fraction of sp³-hybridized carbons (Fsp3) is 0.455. The molecule has 0 aliphatic carbocycles. The first kappa shape index (κ1) is 17.7. The molecule has 0 bridgehead atoms. The van der Waals surface area contributed by atoms with Crippen LogP contribution in [0.5, 0.6) is 0 Å². The van der Waals surface area contributed by atoms with Gasteiger partial charge in [-0.25, -0.2) is 0 Å². The molecule has 2 rings (SSSR count). The van der Waals surface area contributed by atoms with Gasteiger partial charge in [0.05, 0.1) is 0 Å². The molecule has 0 amide bonds. The van der Waals surface area contributed by atoms with Crippen LogP contribution in [-0.2, 0) is 0 Å². The van der Waals surface area contributed by atoms with Crippen molar-refractivity contribution in [2.24, 2.45) is 5.73 Å². The third-order valence-electron chi connectivity index (χ3n) is 4.78. The summed E-state index contributed by atoms with van der Waals surface area (Å²) in [5.74, 6) is 1.20. The average molecular weight is 309 g/mol. The molecule has 0 saturated carbocycles. The van der Waals surface area contributed by atoms with E-state index in [0.29, 0.717) is 11.8 Å². The zero-order chi connectivity index (χ0) is 16.3. The monoisotopic (exact) mass is 309 g/mol. The summed E-state index contributed by atoms with van der Waals surface area (Å²) in [7, 11) is 0. The maximum Gasteiger partial charge on any atom is -0.00714 e. The van der Waals surface area contributed by atoms with Gasteiger partial charge in [-0.05, 0) is 48.8 Å². The second-order valence-electron chi connectivity index (χ2n) is 6.52. The first-order valence-corrected chi connectivity index (χ1v) is 9.15. The normalized spacial score (nSPS) is 13.7. The molecule has 2 unspecified atom stereocenters. The third kappa shape index (κ3) is 5.84. The van der Waals surface area contributed by atoms with E-state index in [2.05, 4.69) is 67.6 Å². The van der Waals surface area contributed by atoms with Gasteiger partial charge in [-0.3, -0.25) is 0 Å². The van der Waals surface area contributed by atoms with Gasteiger partial charge in [-0.1, -0.05) is 86.8 Å². The van der Waals surface area contributed by atoms with Crippen molar-refractivity contribution in [1.82, 2.24) is 0 Å². The largest absolute Gasteiger partial charge is 0.330 e. The zero-order valence-electron chi connectivity index (χ0n) is 14.5. The molecule has 0 aromatic heterocycles. The van der Waals surface area contributed by atoms with Gasteiger partial charge in [0.2, 0.25) is 0 Å². The SMILES string of the molecule is CCCCCC(CC(CCN)c1ccccc1)c1ccccc1. The molecule has 0 aliphatic rings. The van der Waals surface area contributed by atoms with Crippen LogP contribution in [-0.4, -0.2) is 6.54 Å². The molecule has 0 fully saturated rings. The van der Waals surface area contributed by atoms with E-state index >= 15 is 0 Å². The van der Waals surface area contributed by atoms with Crippen molar-refractivity contribution in [1.29, 1.82) is 0 Å². The lowest BCUT2D eigenvalue weighted by atomic mass is 9.81. The molecule has 0 spiro atoms. The lowest BCUT2D eigenvalue weighted by molar-refractivity contribution is 0.468. The van der Waals surface area contributed by atoms with E-state index in [-0.39, 0.29) is 0 Å². The lowest BCUT2D eigenvalue weighted by Gasteiger charge is -2.24. The van der Waals surface area contributed by atoms with Gasteiger partial charge in [-0.15, -0.1) is 0 Å². The van der Waals surface area contributed by atoms with E-state index in [1.54, 1.807) is 0 Å². The fourth-order valence-corrected chi connectivity index (χ4v) is 3.48. The summed E-state index contributed by atoms with van der Waals surface area (Å²) in [5.41, 5.74) is 8.83. The van der Waals surface area contributed by atoms with Crippen molar-refractivity contribution >= 4 is 0 Å². The number of nitrogens with two attached hydrogens (primary N) is 1. The van der Waals surface area contributed by atoms with E-state index < -0.39 is 0 Å². The molecule has 2 atom stereocenters. The van der Waals surface area contributed by atoms with Crippen LogP contribution < -0.4 is 5.73 Å². The number of benzene rings is 2. The summed E-state index contributed by atoms with van der Waals surface area (Å²) in [6.07, 6.45) is 7.49. The highest BCUT2D eigenvalue weighted by atomic mass is 14.5. The predicted molar refractivity (Wildman–Crippen MR) is 101 cm³/mol. The minimum atomic E-state index is 0.563. The summed E-state index contributed by atoms with van der Waals surface area (Å²) in [4.78, 5) is 0. The number of rotatable bonds is 10. The van der Waals surface area contributed by atoms with Crippen LogP contribution in [0.2, 0.25) is 0 Å². The number of hydrogen-bond donors (Lipinski definition) is 1. The van der Waals surface area contributed by atoms with Crippen molar-refractivity contribution in [3.8, 4) is 0 Å². The van der Waals surface area contributed by atoms with Crippen molar-refractivity contribution in [2.45, 2.75) is 57.3 Å². The molecule has 0 heterocycles. The fourth-order valence-electron chi connectivity index (χ4n) is 3.48. The van der Waals surface area contributed by atoms with Gasteiger partial charge >= 0.3 is 0 Å². The van der Waals surface area contributed by atoms with Crippen molar-refractivity contribution in [2.75, 3.05) is 6.54 Å². The summed E-state index contributed by atoms with van der Waals surface area (Å²) >= 11 is 0. The van der Waals surface area contributed by atoms with Gasteiger partial charge in [0.25, 0.3) is 0 Å². The minimum absolute atomic E-state index is 0.563. The van der Waals surface area contributed by atoms with Crippen LogP contribution in [0.15, 0.2) is 60.7 Å². The summed E-state index contributed by atoms with van der Waals surface area (Å²) in [5, 5.41) is 0. The molecule has 23 heavy (non-hydrogen) atoms. The third-order valence-corrected chi connectivity index (χ3v) is 4.78. The highest BCUT2D eigenvalue weighted by Crippen LogP contribution is 2.35. The van der Waals surface area contributed by atoms with Gasteiger partial charge in [0.15, 0.2) is 0 Å². The van der Waals surface area contributed by atoms with Crippen LogP contribution in [0.3, 0.4) is 0 Å². The number of hydrogen-bond acceptors (Lipinski definition) is 1. The van der Waals surface area contributed by atoms with Crippen LogP contribution >= 0.6 is 0 Å².